The summed E-state index contributed by atoms with van der Waals surface area (Å²) in [6.45, 7) is 2.87. The number of hydrogen-bond acceptors (Lipinski definition) is 6. The molecule has 1 aliphatic rings. The summed E-state index contributed by atoms with van der Waals surface area (Å²) < 4.78 is 15.6. The van der Waals surface area contributed by atoms with Crippen LogP contribution in [0.3, 0.4) is 0 Å². The SMILES string of the molecule is COC(=O)C1CC(O)CN1Cc1ccc(OC)c(C)c1OC. The molecule has 2 rings (SSSR count). The van der Waals surface area contributed by atoms with Crippen LogP contribution in [0.15, 0.2) is 12.1 Å². The lowest BCUT2D eigenvalue weighted by molar-refractivity contribution is -0.146. The molecule has 1 heterocycles. The topological polar surface area (TPSA) is 68.2 Å². The van der Waals surface area contributed by atoms with Gasteiger partial charge in [0.25, 0.3) is 0 Å². The van der Waals surface area contributed by atoms with Gasteiger partial charge in [0.05, 0.1) is 27.4 Å². The Kier molecular flexibility index (Phi) is 5.26. The molecule has 0 aromatic heterocycles. The predicted molar refractivity (Wildman–Crippen MR) is 81.1 cm³/mol. The Hall–Kier alpha value is -1.79. The van der Waals surface area contributed by atoms with Gasteiger partial charge in [0, 0.05) is 30.6 Å². The Balaban J connectivity index is 2.26. The zero-order valence-electron chi connectivity index (χ0n) is 13.5. The van der Waals surface area contributed by atoms with Gasteiger partial charge in [0.1, 0.15) is 17.5 Å². The summed E-state index contributed by atoms with van der Waals surface area (Å²) in [6, 6.07) is 3.38. The third-order valence-corrected chi connectivity index (χ3v) is 4.09. The summed E-state index contributed by atoms with van der Waals surface area (Å²) in [5.41, 5.74) is 1.86. The Morgan fingerprint density at radius 2 is 2.05 bits per heavy atom. The maximum atomic E-state index is 11.9. The number of nitrogens with zero attached hydrogens (tertiary/aromatic N) is 1. The molecule has 1 aromatic rings. The number of hydrogen-bond donors (Lipinski definition) is 1. The minimum atomic E-state index is -0.519. The van der Waals surface area contributed by atoms with Crippen LogP contribution < -0.4 is 9.47 Å². The van der Waals surface area contributed by atoms with Crippen molar-refractivity contribution in [2.45, 2.75) is 32.0 Å². The molecule has 1 aliphatic heterocycles. The monoisotopic (exact) mass is 309 g/mol. The quantitative estimate of drug-likeness (QED) is 0.822. The lowest BCUT2D eigenvalue weighted by Gasteiger charge is -2.24. The minimum absolute atomic E-state index is 0.319. The highest BCUT2D eigenvalue weighted by Gasteiger charge is 2.37. The third-order valence-electron chi connectivity index (χ3n) is 4.09. The molecular weight excluding hydrogens is 286 g/mol. The average Bonchev–Trinajstić information content (AvgIpc) is 2.87. The molecule has 0 bridgehead atoms. The maximum Gasteiger partial charge on any atom is 0.323 e. The minimum Gasteiger partial charge on any atom is -0.496 e. The van der Waals surface area contributed by atoms with Crippen molar-refractivity contribution in [1.29, 1.82) is 0 Å². The highest BCUT2D eigenvalue weighted by atomic mass is 16.5. The van der Waals surface area contributed by atoms with Crippen LogP contribution in [0.2, 0.25) is 0 Å². The Bertz CT molecular complexity index is 546. The van der Waals surface area contributed by atoms with Gasteiger partial charge in [0.15, 0.2) is 0 Å². The smallest absolute Gasteiger partial charge is 0.323 e. The second-order valence-corrected chi connectivity index (χ2v) is 5.44. The van der Waals surface area contributed by atoms with Crippen LogP contribution >= 0.6 is 0 Å². The van der Waals surface area contributed by atoms with Crippen LogP contribution in [0.5, 0.6) is 11.5 Å². The van der Waals surface area contributed by atoms with Crippen LogP contribution in [-0.4, -0.2) is 56.0 Å². The van der Waals surface area contributed by atoms with E-state index in [0.29, 0.717) is 19.5 Å². The Labute approximate surface area is 130 Å². The normalized spacial score (nSPS) is 21.7. The molecule has 0 spiro atoms. The number of aliphatic hydroxyl groups excluding tert-OH is 1. The molecule has 122 valence electrons. The van der Waals surface area contributed by atoms with Crippen molar-refractivity contribution in [3.05, 3.63) is 23.3 Å². The number of β-amino-alcohol motifs (C(OH)–C–C–N with tert-alkyl or cyclic N) is 1. The fraction of sp³-hybridized carbons (Fsp3) is 0.562. The first-order valence-corrected chi connectivity index (χ1v) is 7.22. The van der Waals surface area contributed by atoms with E-state index in [2.05, 4.69) is 0 Å². The van der Waals surface area contributed by atoms with E-state index in [1.807, 2.05) is 24.0 Å². The second-order valence-electron chi connectivity index (χ2n) is 5.44. The molecule has 0 saturated carbocycles. The summed E-state index contributed by atoms with van der Waals surface area (Å²) in [7, 11) is 4.59. The van der Waals surface area contributed by atoms with Gasteiger partial charge in [0.2, 0.25) is 0 Å². The van der Waals surface area contributed by atoms with E-state index < -0.39 is 12.1 Å². The van der Waals surface area contributed by atoms with Gasteiger partial charge in [-0.25, -0.2) is 0 Å². The van der Waals surface area contributed by atoms with Gasteiger partial charge >= 0.3 is 5.97 Å². The van der Waals surface area contributed by atoms with Crippen LogP contribution in [0.4, 0.5) is 0 Å². The van der Waals surface area contributed by atoms with E-state index in [4.69, 9.17) is 14.2 Å². The molecule has 0 radical (unpaired) electrons. The molecule has 0 aliphatic carbocycles. The van der Waals surface area contributed by atoms with E-state index >= 15 is 0 Å². The summed E-state index contributed by atoms with van der Waals surface area (Å²) in [4.78, 5) is 13.8. The van der Waals surface area contributed by atoms with E-state index in [0.717, 1.165) is 22.6 Å². The number of benzene rings is 1. The second kappa shape index (κ2) is 6.98. The van der Waals surface area contributed by atoms with Crippen LogP contribution in [0, 0.1) is 6.92 Å². The number of ether oxygens (including phenoxy) is 3. The Morgan fingerprint density at radius 1 is 1.32 bits per heavy atom. The largest absolute Gasteiger partial charge is 0.496 e. The molecule has 6 nitrogen and oxygen atoms in total. The van der Waals surface area contributed by atoms with Gasteiger partial charge in [-0.3, -0.25) is 9.69 Å². The van der Waals surface area contributed by atoms with Crippen LogP contribution in [-0.2, 0) is 16.1 Å². The van der Waals surface area contributed by atoms with Gasteiger partial charge in [-0.15, -0.1) is 0 Å². The number of carbonyl (C=O) groups is 1. The van der Waals surface area contributed by atoms with Crippen molar-refractivity contribution in [3.8, 4) is 11.5 Å². The van der Waals surface area contributed by atoms with Crippen LogP contribution in [0.1, 0.15) is 17.5 Å². The third kappa shape index (κ3) is 3.18. The Morgan fingerprint density at radius 3 is 2.64 bits per heavy atom. The van der Waals surface area contributed by atoms with Crippen LogP contribution in [0.25, 0.3) is 0 Å². The molecule has 1 N–H and O–H groups in total. The summed E-state index contributed by atoms with van der Waals surface area (Å²) in [6.07, 6.45) is -0.126. The highest BCUT2D eigenvalue weighted by Crippen LogP contribution is 2.33. The molecule has 2 atom stereocenters. The lowest BCUT2D eigenvalue weighted by atomic mass is 10.1. The molecule has 6 heteroatoms. The van der Waals surface area contributed by atoms with Crippen molar-refractivity contribution < 1.29 is 24.1 Å². The number of rotatable bonds is 5. The number of carbonyl (C=O) groups excluding carboxylic acids is 1. The standard InChI is InChI=1S/C16H23NO5/c1-10-14(20-2)6-5-11(15(10)21-3)8-17-9-12(18)7-13(17)16(19)22-4/h5-6,12-13,18H,7-9H2,1-4H3. The maximum absolute atomic E-state index is 11.9. The fourth-order valence-corrected chi connectivity index (χ4v) is 3.01. The summed E-state index contributed by atoms with van der Waals surface area (Å²) in [5.74, 6) is 1.18. The molecule has 2 unspecified atom stereocenters. The average molecular weight is 309 g/mol. The van der Waals surface area contributed by atoms with Crippen molar-refractivity contribution in [3.63, 3.8) is 0 Å². The lowest BCUT2D eigenvalue weighted by Crippen LogP contribution is -2.36. The van der Waals surface area contributed by atoms with Crippen molar-refractivity contribution in [1.82, 2.24) is 4.90 Å². The first kappa shape index (κ1) is 16.6. The van der Waals surface area contributed by atoms with Crippen molar-refractivity contribution in [2.24, 2.45) is 0 Å². The zero-order chi connectivity index (χ0) is 16.3. The number of methoxy groups -OCH3 is 3. The number of esters is 1. The molecule has 1 fully saturated rings. The van der Waals surface area contributed by atoms with Gasteiger partial charge in [-0.1, -0.05) is 6.07 Å². The van der Waals surface area contributed by atoms with E-state index in [1.54, 1.807) is 14.2 Å². The predicted octanol–water partition coefficient (Wildman–Crippen LogP) is 1.12. The van der Waals surface area contributed by atoms with Crippen molar-refractivity contribution in [2.75, 3.05) is 27.9 Å². The number of aliphatic hydroxyl groups is 1. The number of likely N-dealkylation sites (tertiary alicyclic amines) is 1. The first-order valence-electron chi connectivity index (χ1n) is 7.22. The molecule has 0 amide bonds. The van der Waals surface area contributed by atoms with Gasteiger partial charge < -0.3 is 19.3 Å². The molecule has 1 saturated heterocycles. The molecule has 1 aromatic carbocycles. The fourth-order valence-electron chi connectivity index (χ4n) is 3.01. The zero-order valence-corrected chi connectivity index (χ0v) is 13.5. The van der Waals surface area contributed by atoms with Crippen molar-refractivity contribution >= 4 is 5.97 Å². The van der Waals surface area contributed by atoms with Gasteiger partial charge in [-0.05, 0) is 13.0 Å². The van der Waals surface area contributed by atoms with E-state index in [-0.39, 0.29) is 5.97 Å². The highest BCUT2D eigenvalue weighted by molar-refractivity contribution is 5.76. The summed E-state index contributed by atoms with van der Waals surface area (Å²) in [5, 5.41) is 9.85. The molecule has 22 heavy (non-hydrogen) atoms. The van der Waals surface area contributed by atoms with Gasteiger partial charge in [-0.2, -0.15) is 0 Å². The van der Waals surface area contributed by atoms with E-state index in [9.17, 15) is 9.90 Å². The summed E-state index contributed by atoms with van der Waals surface area (Å²) >= 11 is 0. The van der Waals surface area contributed by atoms with E-state index in [1.165, 1.54) is 7.11 Å². The molecular formula is C16H23NO5. The first-order chi connectivity index (χ1) is 10.5.